The Labute approximate surface area is 152 Å². The van der Waals surface area contributed by atoms with Crippen molar-refractivity contribution >= 4 is 34.2 Å². The highest BCUT2D eigenvalue weighted by atomic mass is 79.9. The van der Waals surface area contributed by atoms with Crippen LogP contribution in [0.2, 0.25) is 0 Å². The largest absolute Gasteiger partial charge is 0.384 e. The first-order chi connectivity index (χ1) is 10.6. The predicted molar refractivity (Wildman–Crippen MR) is 97.2 cm³/mol. The molecule has 1 N–H and O–H groups in total. The number of nitrogens with one attached hydrogen (secondary N) is 1. The van der Waals surface area contributed by atoms with Crippen LogP contribution in [0.1, 0.15) is 23.2 Å². The van der Waals surface area contributed by atoms with Crippen LogP contribution >= 0.6 is 28.3 Å². The van der Waals surface area contributed by atoms with Gasteiger partial charge >= 0.3 is 0 Å². The molecule has 3 rings (SSSR count). The second kappa shape index (κ2) is 7.97. The molecule has 2 aliphatic rings. The Bertz CT molecular complexity index is 532. The summed E-state index contributed by atoms with van der Waals surface area (Å²) in [5.74, 6) is 0.586. The molecule has 0 bridgehead atoms. The van der Waals surface area contributed by atoms with Crippen LogP contribution in [0.5, 0.6) is 0 Å². The van der Waals surface area contributed by atoms with Gasteiger partial charge in [-0.25, -0.2) is 0 Å². The lowest BCUT2D eigenvalue weighted by Crippen LogP contribution is -2.43. The lowest BCUT2D eigenvalue weighted by molar-refractivity contribution is 0.0701. The Hall–Kier alpha value is -0.620. The van der Waals surface area contributed by atoms with Crippen molar-refractivity contribution in [1.82, 2.24) is 10.2 Å². The van der Waals surface area contributed by atoms with Crippen LogP contribution in [0.4, 0.5) is 0 Å². The molecule has 0 radical (unpaired) electrons. The first-order valence-corrected chi connectivity index (χ1v) is 8.68. The van der Waals surface area contributed by atoms with E-state index in [1.54, 1.807) is 7.11 Å². The Balaban J connectivity index is 0.00000192. The monoisotopic (exact) mass is 402 g/mol. The number of piperidine rings is 1. The van der Waals surface area contributed by atoms with Gasteiger partial charge in [0.2, 0.25) is 0 Å². The fourth-order valence-corrected chi connectivity index (χ4v) is 4.15. The van der Waals surface area contributed by atoms with E-state index in [0.29, 0.717) is 5.92 Å². The second-order valence-corrected chi connectivity index (χ2v) is 7.37. The maximum atomic E-state index is 12.8. The summed E-state index contributed by atoms with van der Waals surface area (Å²) in [6, 6.07) is 7.64. The molecule has 4 nitrogen and oxygen atoms in total. The topological polar surface area (TPSA) is 41.6 Å². The third-order valence-electron chi connectivity index (χ3n) is 5.16. The minimum atomic E-state index is 0. The van der Waals surface area contributed by atoms with Gasteiger partial charge in [0.15, 0.2) is 0 Å². The highest BCUT2D eigenvalue weighted by Crippen LogP contribution is 2.43. The molecular formula is C17H24BrClN2O2. The Kier molecular flexibility index (Phi) is 6.48. The van der Waals surface area contributed by atoms with Crippen LogP contribution in [0, 0.1) is 11.3 Å². The van der Waals surface area contributed by atoms with Gasteiger partial charge < -0.3 is 15.0 Å². The minimum Gasteiger partial charge on any atom is -0.384 e. The molecule has 1 spiro atoms. The summed E-state index contributed by atoms with van der Waals surface area (Å²) in [7, 11) is 1.76. The lowest BCUT2D eigenvalue weighted by Gasteiger charge is -2.38. The molecule has 2 heterocycles. The Morgan fingerprint density at radius 1 is 1.35 bits per heavy atom. The number of hydrogen-bond donors (Lipinski definition) is 1. The number of ether oxygens (including phenoxy) is 1. The smallest absolute Gasteiger partial charge is 0.253 e. The number of carbonyl (C=O) groups is 1. The average Bonchev–Trinajstić information content (AvgIpc) is 2.87. The number of hydrogen-bond acceptors (Lipinski definition) is 3. The zero-order valence-electron chi connectivity index (χ0n) is 13.4. The van der Waals surface area contributed by atoms with E-state index in [1.807, 2.05) is 29.2 Å². The molecule has 128 valence electrons. The van der Waals surface area contributed by atoms with E-state index in [-0.39, 0.29) is 23.7 Å². The maximum absolute atomic E-state index is 12.8. The molecule has 2 saturated heterocycles. The molecule has 0 aliphatic carbocycles. The first kappa shape index (κ1) is 18.7. The van der Waals surface area contributed by atoms with E-state index in [9.17, 15) is 4.79 Å². The van der Waals surface area contributed by atoms with Crippen molar-refractivity contribution in [2.45, 2.75) is 12.8 Å². The number of rotatable bonds is 3. The summed E-state index contributed by atoms with van der Waals surface area (Å²) in [5, 5.41) is 3.43. The van der Waals surface area contributed by atoms with Crippen molar-refractivity contribution < 1.29 is 9.53 Å². The van der Waals surface area contributed by atoms with Gasteiger partial charge in [0, 0.05) is 36.2 Å². The summed E-state index contributed by atoms with van der Waals surface area (Å²) >= 11 is 3.42. The standard InChI is InChI=1S/C17H23BrN2O2.ClH/c1-22-11-14-10-20(12-17(14)6-8-19-9-7-17)16(21)13-2-4-15(18)5-3-13;/h2-5,14,19H,6-12H2,1H3;1H. The number of nitrogens with zero attached hydrogens (tertiary/aromatic N) is 1. The van der Waals surface area contributed by atoms with Gasteiger partial charge in [-0.1, -0.05) is 15.9 Å². The minimum absolute atomic E-state index is 0. The SMILES string of the molecule is COCC1CN(C(=O)c2ccc(Br)cc2)CC12CCNCC2.Cl. The molecule has 1 aromatic carbocycles. The zero-order valence-corrected chi connectivity index (χ0v) is 15.8. The molecule has 1 aromatic rings. The van der Waals surface area contributed by atoms with E-state index in [4.69, 9.17) is 4.74 Å². The molecule has 1 amide bonds. The number of benzene rings is 1. The van der Waals surface area contributed by atoms with Crippen LogP contribution in [-0.4, -0.2) is 50.7 Å². The van der Waals surface area contributed by atoms with Crippen molar-refractivity contribution in [2.75, 3.05) is 39.9 Å². The van der Waals surface area contributed by atoms with Gasteiger partial charge in [-0.3, -0.25) is 4.79 Å². The third kappa shape index (κ3) is 3.90. The van der Waals surface area contributed by atoms with Crippen LogP contribution < -0.4 is 5.32 Å². The average molecular weight is 404 g/mol. The van der Waals surface area contributed by atoms with E-state index >= 15 is 0 Å². The zero-order chi connectivity index (χ0) is 15.6. The quantitative estimate of drug-likeness (QED) is 0.843. The van der Waals surface area contributed by atoms with Gasteiger partial charge in [0.05, 0.1) is 6.61 Å². The summed E-state index contributed by atoms with van der Waals surface area (Å²) < 4.78 is 6.44. The molecule has 1 atom stereocenters. The van der Waals surface area contributed by atoms with Gasteiger partial charge in [-0.15, -0.1) is 12.4 Å². The van der Waals surface area contributed by atoms with E-state index in [0.717, 1.165) is 55.7 Å². The number of carbonyl (C=O) groups excluding carboxylic acids is 1. The Morgan fingerprint density at radius 3 is 2.61 bits per heavy atom. The Morgan fingerprint density at radius 2 is 2.00 bits per heavy atom. The highest BCUT2D eigenvalue weighted by Gasteiger charge is 2.48. The summed E-state index contributed by atoms with van der Waals surface area (Å²) in [6.07, 6.45) is 2.26. The molecule has 23 heavy (non-hydrogen) atoms. The van der Waals surface area contributed by atoms with Gasteiger partial charge in [0.25, 0.3) is 5.91 Å². The van der Waals surface area contributed by atoms with E-state index in [2.05, 4.69) is 21.2 Å². The number of methoxy groups -OCH3 is 1. The second-order valence-electron chi connectivity index (χ2n) is 6.46. The first-order valence-electron chi connectivity index (χ1n) is 7.89. The van der Waals surface area contributed by atoms with Gasteiger partial charge in [-0.05, 0) is 55.6 Å². The summed E-state index contributed by atoms with van der Waals surface area (Å²) in [6.45, 7) is 4.49. The summed E-state index contributed by atoms with van der Waals surface area (Å²) in [4.78, 5) is 14.8. The van der Waals surface area contributed by atoms with E-state index in [1.165, 1.54) is 0 Å². The maximum Gasteiger partial charge on any atom is 0.253 e. The van der Waals surface area contributed by atoms with Crippen molar-refractivity contribution in [3.63, 3.8) is 0 Å². The molecule has 1 unspecified atom stereocenters. The van der Waals surface area contributed by atoms with Crippen LogP contribution in [0.3, 0.4) is 0 Å². The molecule has 0 aromatic heterocycles. The predicted octanol–water partition coefficient (Wildman–Crippen LogP) is 2.96. The molecule has 2 aliphatic heterocycles. The lowest BCUT2D eigenvalue weighted by atomic mass is 9.71. The van der Waals surface area contributed by atoms with Crippen LogP contribution in [0.15, 0.2) is 28.7 Å². The van der Waals surface area contributed by atoms with Crippen molar-refractivity contribution in [3.05, 3.63) is 34.3 Å². The number of halogens is 2. The normalized spacial score (nSPS) is 22.9. The molecule has 6 heteroatoms. The van der Waals surface area contributed by atoms with Gasteiger partial charge in [-0.2, -0.15) is 0 Å². The highest BCUT2D eigenvalue weighted by molar-refractivity contribution is 9.10. The van der Waals surface area contributed by atoms with Gasteiger partial charge in [0.1, 0.15) is 0 Å². The molecule has 0 saturated carbocycles. The fraction of sp³-hybridized carbons (Fsp3) is 0.588. The van der Waals surface area contributed by atoms with Crippen molar-refractivity contribution in [1.29, 1.82) is 0 Å². The van der Waals surface area contributed by atoms with Crippen molar-refractivity contribution in [2.24, 2.45) is 11.3 Å². The van der Waals surface area contributed by atoms with Crippen molar-refractivity contribution in [3.8, 4) is 0 Å². The molecular weight excluding hydrogens is 380 g/mol. The number of likely N-dealkylation sites (tertiary alicyclic amines) is 1. The van der Waals surface area contributed by atoms with E-state index < -0.39 is 0 Å². The van der Waals surface area contributed by atoms with Crippen LogP contribution in [0.25, 0.3) is 0 Å². The molecule has 2 fully saturated rings. The summed E-state index contributed by atoms with van der Waals surface area (Å²) in [5.41, 5.74) is 0.997. The fourth-order valence-electron chi connectivity index (χ4n) is 3.88. The van der Waals surface area contributed by atoms with Crippen LogP contribution in [-0.2, 0) is 4.74 Å². The third-order valence-corrected chi connectivity index (χ3v) is 5.69. The number of amides is 1.